The van der Waals surface area contributed by atoms with Gasteiger partial charge in [0.2, 0.25) is 5.91 Å². The molecule has 0 unspecified atom stereocenters. The SMILES string of the molecule is CCOC(=O)[C@@H]1CCCN1C(=O)[C@@H](N)Cc1ccc(-c2ccccc2)cc1. The standard InChI is InChI=1S/C22H26N2O3/c1-2-27-22(26)20-9-6-14-24(20)21(25)19(23)15-16-10-12-18(13-11-16)17-7-4-3-5-8-17/h3-5,7-8,10-13,19-20H,2,6,9,14-15,23H2,1H3/t19-,20-/m0/s1. The van der Waals surface area contributed by atoms with Gasteiger partial charge in [-0.1, -0.05) is 54.6 Å². The average molecular weight is 366 g/mol. The molecule has 0 radical (unpaired) electrons. The third kappa shape index (κ3) is 4.55. The first-order valence-corrected chi connectivity index (χ1v) is 9.47. The molecule has 1 amide bonds. The van der Waals surface area contributed by atoms with Crippen LogP contribution in [0.2, 0.25) is 0 Å². The summed E-state index contributed by atoms with van der Waals surface area (Å²) in [4.78, 5) is 26.4. The molecule has 5 nitrogen and oxygen atoms in total. The molecule has 3 rings (SSSR count). The average Bonchev–Trinajstić information content (AvgIpc) is 3.19. The number of nitrogens with two attached hydrogens (primary N) is 1. The maximum absolute atomic E-state index is 12.8. The van der Waals surface area contributed by atoms with Gasteiger partial charge in [-0.2, -0.15) is 0 Å². The van der Waals surface area contributed by atoms with Crippen molar-refractivity contribution in [1.29, 1.82) is 0 Å². The van der Waals surface area contributed by atoms with Crippen molar-refractivity contribution in [1.82, 2.24) is 4.90 Å². The summed E-state index contributed by atoms with van der Waals surface area (Å²) >= 11 is 0. The summed E-state index contributed by atoms with van der Waals surface area (Å²) in [6.07, 6.45) is 1.89. The van der Waals surface area contributed by atoms with Crippen molar-refractivity contribution in [2.45, 2.75) is 38.3 Å². The molecule has 27 heavy (non-hydrogen) atoms. The summed E-state index contributed by atoms with van der Waals surface area (Å²) in [7, 11) is 0. The van der Waals surface area contributed by atoms with Gasteiger partial charge in [0, 0.05) is 6.54 Å². The fourth-order valence-corrected chi connectivity index (χ4v) is 3.53. The summed E-state index contributed by atoms with van der Waals surface area (Å²) in [5.41, 5.74) is 9.45. The highest BCUT2D eigenvalue weighted by Gasteiger charge is 2.36. The minimum Gasteiger partial charge on any atom is -0.464 e. The second-order valence-electron chi connectivity index (χ2n) is 6.82. The van der Waals surface area contributed by atoms with Gasteiger partial charge in [-0.15, -0.1) is 0 Å². The Bertz CT molecular complexity index is 774. The molecule has 1 heterocycles. The van der Waals surface area contributed by atoms with Crippen LogP contribution in [-0.2, 0) is 20.7 Å². The monoisotopic (exact) mass is 366 g/mol. The van der Waals surface area contributed by atoms with Gasteiger partial charge in [0.25, 0.3) is 0 Å². The smallest absolute Gasteiger partial charge is 0.328 e. The summed E-state index contributed by atoms with van der Waals surface area (Å²) in [5, 5.41) is 0. The maximum Gasteiger partial charge on any atom is 0.328 e. The molecule has 0 aliphatic carbocycles. The molecule has 2 aromatic rings. The molecule has 142 valence electrons. The largest absolute Gasteiger partial charge is 0.464 e. The third-order valence-electron chi connectivity index (χ3n) is 4.93. The van der Waals surface area contributed by atoms with Crippen LogP contribution in [-0.4, -0.2) is 42.0 Å². The van der Waals surface area contributed by atoms with Crippen LogP contribution in [0.25, 0.3) is 11.1 Å². The van der Waals surface area contributed by atoms with Crippen LogP contribution < -0.4 is 5.73 Å². The molecule has 5 heteroatoms. The van der Waals surface area contributed by atoms with Crippen molar-refractivity contribution in [2.24, 2.45) is 5.73 Å². The molecule has 2 N–H and O–H groups in total. The molecule has 1 aliphatic rings. The van der Waals surface area contributed by atoms with Crippen LogP contribution in [0, 0.1) is 0 Å². The Kier molecular flexibility index (Phi) is 6.24. The Hall–Kier alpha value is -2.66. The van der Waals surface area contributed by atoms with E-state index in [2.05, 4.69) is 12.1 Å². The van der Waals surface area contributed by atoms with E-state index in [0.29, 0.717) is 26.0 Å². The number of likely N-dealkylation sites (tertiary alicyclic amines) is 1. The van der Waals surface area contributed by atoms with Crippen LogP contribution >= 0.6 is 0 Å². The molecular formula is C22H26N2O3. The van der Waals surface area contributed by atoms with E-state index in [4.69, 9.17) is 10.5 Å². The maximum atomic E-state index is 12.8. The number of hydrogen-bond acceptors (Lipinski definition) is 4. The van der Waals surface area contributed by atoms with Crippen LogP contribution in [0.3, 0.4) is 0 Å². The van der Waals surface area contributed by atoms with Gasteiger partial charge < -0.3 is 15.4 Å². The topological polar surface area (TPSA) is 72.6 Å². The van der Waals surface area contributed by atoms with E-state index in [-0.39, 0.29) is 11.9 Å². The van der Waals surface area contributed by atoms with Gasteiger partial charge in [-0.05, 0) is 42.9 Å². The van der Waals surface area contributed by atoms with Crippen molar-refractivity contribution in [3.8, 4) is 11.1 Å². The van der Waals surface area contributed by atoms with E-state index in [1.54, 1.807) is 11.8 Å². The van der Waals surface area contributed by atoms with E-state index < -0.39 is 12.1 Å². The Morgan fingerprint density at radius 1 is 1.11 bits per heavy atom. The van der Waals surface area contributed by atoms with Crippen molar-refractivity contribution in [2.75, 3.05) is 13.2 Å². The zero-order valence-electron chi connectivity index (χ0n) is 15.6. The van der Waals surface area contributed by atoms with Gasteiger partial charge in [0.05, 0.1) is 12.6 Å². The summed E-state index contributed by atoms with van der Waals surface area (Å²) in [5.74, 6) is -0.513. The highest BCUT2D eigenvalue weighted by molar-refractivity contribution is 5.88. The highest BCUT2D eigenvalue weighted by Crippen LogP contribution is 2.22. The first-order chi connectivity index (χ1) is 13.1. The molecule has 0 bridgehead atoms. The van der Waals surface area contributed by atoms with Crippen LogP contribution in [0.1, 0.15) is 25.3 Å². The van der Waals surface area contributed by atoms with Crippen molar-refractivity contribution in [3.63, 3.8) is 0 Å². The van der Waals surface area contributed by atoms with Gasteiger partial charge in [-0.3, -0.25) is 4.79 Å². The Morgan fingerprint density at radius 3 is 2.44 bits per heavy atom. The first kappa shape index (κ1) is 19.1. The second-order valence-corrected chi connectivity index (χ2v) is 6.82. The summed E-state index contributed by atoms with van der Waals surface area (Å²) in [6.45, 7) is 2.64. The van der Waals surface area contributed by atoms with E-state index in [1.807, 2.05) is 42.5 Å². The van der Waals surface area contributed by atoms with E-state index >= 15 is 0 Å². The molecule has 1 aliphatic heterocycles. The zero-order chi connectivity index (χ0) is 19.2. The summed E-state index contributed by atoms with van der Waals surface area (Å²) < 4.78 is 5.09. The lowest BCUT2D eigenvalue weighted by Gasteiger charge is -2.26. The third-order valence-corrected chi connectivity index (χ3v) is 4.93. The number of esters is 1. The minimum atomic E-state index is -0.664. The van der Waals surface area contributed by atoms with E-state index in [9.17, 15) is 9.59 Å². The van der Waals surface area contributed by atoms with Crippen LogP contribution in [0.4, 0.5) is 0 Å². The normalized spacial score (nSPS) is 17.6. The van der Waals surface area contributed by atoms with Crippen molar-refractivity contribution >= 4 is 11.9 Å². The molecule has 0 spiro atoms. The Balaban J connectivity index is 1.63. The number of carbonyl (C=O) groups is 2. The lowest BCUT2D eigenvalue weighted by Crippen LogP contribution is -2.49. The predicted octanol–water partition coefficient (Wildman–Crippen LogP) is 2.78. The van der Waals surface area contributed by atoms with Crippen LogP contribution in [0.5, 0.6) is 0 Å². The molecule has 0 saturated carbocycles. The van der Waals surface area contributed by atoms with Gasteiger partial charge in [0.15, 0.2) is 0 Å². The Morgan fingerprint density at radius 2 is 1.78 bits per heavy atom. The lowest BCUT2D eigenvalue weighted by molar-refractivity contribution is -0.153. The zero-order valence-corrected chi connectivity index (χ0v) is 15.6. The van der Waals surface area contributed by atoms with E-state index in [1.165, 1.54) is 0 Å². The lowest BCUT2D eigenvalue weighted by atomic mass is 10.0. The number of amides is 1. The van der Waals surface area contributed by atoms with E-state index in [0.717, 1.165) is 23.1 Å². The number of carbonyl (C=O) groups excluding carboxylic acids is 2. The molecule has 0 aromatic heterocycles. The highest BCUT2D eigenvalue weighted by atomic mass is 16.5. The molecule has 1 fully saturated rings. The Labute approximate surface area is 160 Å². The molecule has 2 aromatic carbocycles. The predicted molar refractivity (Wildman–Crippen MR) is 105 cm³/mol. The number of ether oxygens (including phenoxy) is 1. The molecular weight excluding hydrogens is 340 g/mol. The molecule has 2 atom stereocenters. The fraction of sp³-hybridized carbons (Fsp3) is 0.364. The first-order valence-electron chi connectivity index (χ1n) is 9.47. The number of nitrogens with zero attached hydrogens (tertiary/aromatic N) is 1. The van der Waals surface area contributed by atoms with Crippen molar-refractivity contribution < 1.29 is 14.3 Å². The van der Waals surface area contributed by atoms with Crippen molar-refractivity contribution in [3.05, 3.63) is 60.2 Å². The van der Waals surface area contributed by atoms with Gasteiger partial charge in [0.1, 0.15) is 6.04 Å². The quantitative estimate of drug-likeness (QED) is 0.798. The number of hydrogen-bond donors (Lipinski definition) is 1. The van der Waals surface area contributed by atoms with Crippen LogP contribution in [0.15, 0.2) is 54.6 Å². The minimum absolute atomic E-state index is 0.183. The second kappa shape index (κ2) is 8.82. The number of rotatable bonds is 6. The summed E-state index contributed by atoms with van der Waals surface area (Å²) in [6, 6.07) is 17.1. The van der Waals surface area contributed by atoms with Gasteiger partial charge in [-0.25, -0.2) is 4.79 Å². The van der Waals surface area contributed by atoms with Gasteiger partial charge >= 0.3 is 5.97 Å². The molecule has 1 saturated heterocycles. The fourth-order valence-electron chi connectivity index (χ4n) is 3.53. The number of benzene rings is 2.